The number of amides is 1. The van der Waals surface area contributed by atoms with E-state index in [2.05, 4.69) is 21.2 Å². The third-order valence-corrected chi connectivity index (χ3v) is 6.78. The number of rotatable bonds is 9. The number of carbonyl (C=O) groups is 1. The molecular formula is C17H25BrFN3O3S. The SMILES string of the molecule is O=C(CCCBr)NCCCS(=O)(=O)N1CCN(c2ccccc2F)CC1. The van der Waals surface area contributed by atoms with Gasteiger partial charge in [0.15, 0.2) is 0 Å². The van der Waals surface area contributed by atoms with Gasteiger partial charge in [-0.2, -0.15) is 4.31 Å². The summed E-state index contributed by atoms with van der Waals surface area (Å²) in [5.41, 5.74) is 0.510. The van der Waals surface area contributed by atoms with Gasteiger partial charge in [-0.1, -0.05) is 28.1 Å². The minimum absolute atomic E-state index is 0.00538. The quantitative estimate of drug-likeness (QED) is 0.462. The number of anilines is 1. The Kier molecular flexibility index (Phi) is 8.30. The van der Waals surface area contributed by atoms with Crippen molar-refractivity contribution in [2.24, 2.45) is 0 Å². The van der Waals surface area contributed by atoms with Gasteiger partial charge in [0.25, 0.3) is 0 Å². The molecule has 0 aromatic heterocycles. The Labute approximate surface area is 162 Å². The Hall–Kier alpha value is -1.19. The van der Waals surface area contributed by atoms with E-state index in [0.29, 0.717) is 51.3 Å². The van der Waals surface area contributed by atoms with Crippen LogP contribution in [0, 0.1) is 5.82 Å². The van der Waals surface area contributed by atoms with Crippen molar-refractivity contribution in [1.82, 2.24) is 9.62 Å². The van der Waals surface area contributed by atoms with Crippen LogP contribution in [0.5, 0.6) is 0 Å². The summed E-state index contributed by atoms with van der Waals surface area (Å²) in [7, 11) is -3.36. The lowest BCUT2D eigenvalue weighted by atomic mass is 10.2. The van der Waals surface area contributed by atoms with Crippen molar-refractivity contribution in [3.8, 4) is 0 Å². The molecule has 146 valence electrons. The lowest BCUT2D eigenvalue weighted by Gasteiger charge is -2.35. The highest BCUT2D eigenvalue weighted by Gasteiger charge is 2.27. The largest absolute Gasteiger partial charge is 0.367 e. The molecule has 2 rings (SSSR count). The van der Waals surface area contributed by atoms with E-state index in [-0.39, 0.29) is 17.5 Å². The number of hydrogen-bond donors (Lipinski definition) is 1. The summed E-state index contributed by atoms with van der Waals surface area (Å²) in [5.74, 6) is -0.342. The molecule has 0 spiro atoms. The molecule has 1 heterocycles. The monoisotopic (exact) mass is 449 g/mol. The summed E-state index contributed by atoms with van der Waals surface area (Å²) in [5, 5.41) is 3.51. The molecular weight excluding hydrogens is 425 g/mol. The number of halogens is 2. The van der Waals surface area contributed by atoms with Gasteiger partial charge in [-0.05, 0) is 25.0 Å². The number of alkyl halides is 1. The molecule has 1 fully saturated rings. The van der Waals surface area contributed by atoms with Gasteiger partial charge < -0.3 is 10.2 Å². The van der Waals surface area contributed by atoms with Crippen molar-refractivity contribution < 1.29 is 17.6 Å². The van der Waals surface area contributed by atoms with Gasteiger partial charge in [-0.25, -0.2) is 12.8 Å². The molecule has 0 saturated carbocycles. The van der Waals surface area contributed by atoms with E-state index in [4.69, 9.17) is 0 Å². The van der Waals surface area contributed by atoms with Crippen molar-refractivity contribution >= 4 is 37.5 Å². The van der Waals surface area contributed by atoms with Crippen molar-refractivity contribution in [2.45, 2.75) is 19.3 Å². The highest BCUT2D eigenvalue weighted by molar-refractivity contribution is 9.09. The van der Waals surface area contributed by atoms with Crippen LogP contribution in [0.2, 0.25) is 0 Å². The summed E-state index contributed by atoms with van der Waals surface area (Å²) in [6, 6.07) is 6.52. The predicted molar refractivity (Wildman–Crippen MR) is 105 cm³/mol. The number of benzene rings is 1. The van der Waals surface area contributed by atoms with Gasteiger partial charge in [0, 0.05) is 44.5 Å². The zero-order valence-corrected chi connectivity index (χ0v) is 17.1. The second-order valence-corrected chi connectivity index (χ2v) is 9.03. The third kappa shape index (κ3) is 6.21. The minimum atomic E-state index is -3.36. The summed E-state index contributed by atoms with van der Waals surface area (Å²) in [6.45, 7) is 1.96. The smallest absolute Gasteiger partial charge is 0.220 e. The second-order valence-electron chi connectivity index (χ2n) is 6.15. The Morgan fingerprint density at radius 1 is 1.15 bits per heavy atom. The van der Waals surface area contributed by atoms with E-state index in [0.717, 1.165) is 11.8 Å². The standard InChI is InChI=1S/C17H25BrFN3O3S/c18-8-3-7-17(23)20-9-4-14-26(24,25)22-12-10-21(11-13-22)16-6-2-1-5-15(16)19/h1-2,5-6H,3-4,7-14H2,(H,20,23). The van der Waals surface area contributed by atoms with Gasteiger partial charge in [-0.15, -0.1) is 0 Å². The average Bonchev–Trinajstić information content (AvgIpc) is 2.64. The Balaban J connectivity index is 1.75. The molecule has 1 aromatic rings. The highest BCUT2D eigenvalue weighted by Crippen LogP contribution is 2.21. The molecule has 1 saturated heterocycles. The molecule has 0 bridgehead atoms. The van der Waals surface area contributed by atoms with Crippen LogP contribution in [0.3, 0.4) is 0 Å². The zero-order valence-electron chi connectivity index (χ0n) is 14.7. The molecule has 0 aliphatic carbocycles. The van der Waals surface area contributed by atoms with Gasteiger partial charge in [0.2, 0.25) is 15.9 Å². The maximum atomic E-state index is 13.8. The van der Waals surface area contributed by atoms with Crippen molar-refractivity contribution in [2.75, 3.05) is 48.7 Å². The van der Waals surface area contributed by atoms with Crippen molar-refractivity contribution in [3.05, 3.63) is 30.1 Å². The fourth-order valence-corrected chi connectivity index (χ4v) is 4.61. The summed E-state index contributed by atoms with van der Waals surface area (Å²) in [4.78, 5) is 13.4. The molecule has 1 aliphatic rings. The number of sulfonamides is 1. The Morgan fingerprint density at radius 3 is 2.50 bits per heavy atom. The second kappa shape index (κ2) is 10.2. The van der Waals surface area contributed by atoms with Crippen LogP contribution in [0.4, 0.5) is 10.1 Å². The van der Waals surface area contributed by atoms with Crippen LogP contribution in [0.15, 0.2) is 24.3 Å². The lowest BCUT2D eigenvalue weighted by Crippen LogP contribution is -2.49. The first kappa shape index (κ1) is 21.1. The summed E-state index contributed by atoms with van der Waals surface area (Å²) in [6.07, 6.45) is 1.59. The van der Waals surface area contributed by atoms with E-state index in [1.165, 1.54) is 10.4 Å². The number of carbonyl (C=O) groups excluding carboxylic acids is 1. The number of nitrogens with zero attached hydrogens (tertiary/aromatic N) is 2. The van der Waals surface area contributed by atoms with Crippen LogP contribution in [0.25, 0.3) is 0 Å². The maximum absolute atomic E-state index is 13.8. The first-order chi connectivity index (χ1) is 12.4. The van der Waals surface area contributed by atoms with Crippen LogP contribution in [0.1, 0.15) is 19.3 Å². The van der Waals surface area contributed by atoms with E-state index in [1.807, 2.05) is 4.90 Å². The molecule has 1 aliphatic heterocycles. The van der Waals surface area contributed by atoms with E-state index >= 15 is 0 Å². The summed E-state index contributed by atoms with van der Waals surface area (Å²) < 4.78 is 40.2. The minimum Gasteiger partial charge on any atom is -0.367 e. The van der Waals surface area contributed by atoms with Crippen LogP contribution in [-0.2, 0) is 14.8 Å². The van der Waals surface area contributed by atoms with Crippen LogP contribution < -0.4 is 10.2 Å². The number of piperazine rings is 1. The molecule has 1 N–H and O–H groups in total. The number of nitrogens with one attached hydrogen (secondary N) is 1. The topological polar surface area (TPSA) is 69.7 Å². The van der Waals surface area contributed by atoms with Crippen molar-refractivity contribution in [1.29, 1.82) is 0 Å². The molecule has 1 aromatic carbocycles. The van der Waals surface area contributed by atoms with Crippen LogP contribution >= 0.6 is 15.9 Å². The van der Waals surface area contributed by atoms with E-state index in [1.54, 1.807) is 18.2 Å². The highest BCUT2D eigenvalue weighted by atomic mass is 79.9. The third-order valence-electron chi connectivity index (χ3n) is 4.26. The molecule has 1 amide bonds. The number of hydrogen-bond acceptors (Lipinski definition) is 4. The van der Waals surface area contributed by atoms with Gasteiger partial charge in [0.1, 0.15) is 5.82 Å². The van der Waals surface area contributed by atoms with Crippen molar-refractivity contribution in [3.63, 3.8) is 0 Å². The maximum Gasteiger partial charge on any atom is 0.220 e. The molecule has 0 atom stereocenters. The fourth-order valence-electron chi connectivity index (χ4n) is 2.84. The Morgan fingerprint density at radius 2 is 1.85 bits per heavy atom. The molecule has 0 radical (unpaired) electrons. The van der Waals surface area contributed by atoms with E-state index in [9.17, 15) is 17.6 Å². The molecule has 6 nitrogen and oxygen atoms in total. The van der Waals surface area contributed by atoms with Gasteiger partial charge in [0.05, 0.1) is 11.4 Å². The first-order valence-corrected chi connectivity index (χ1v) is 11.5. The summed E-state index contributed by atoms with van der Waals surface area (Å²) >= 11 is 3.26. The molecule has 9 heteroatoms. The van der Waals surface area contributed by atoms with Crippen LogP contribution in [-0.4, -0.2) is 62.4 Å². The molecule has 26 heavy (non-hydrogen) atoms. The fraction of sp³-hybridized carbons (Fsp3) is 0.588. The van der Waals surface area contributed by atoms with E-state index < -0.39 is 10.0 Å². The first-order valence-electron chi connectivity index (χ1n) is 8.74. The average molecular weight is 450 g/mol. The lowest BCUT2D eigenvalue weighted by molar-refractivity contribution is -0.121. The predicted octanol–water partition coefficient (Wildman–Crippen LogP) is 1.96. The zero-order chi connectivity index (χ0) is 19.0. The van der Waals surface area contributed by atoms with Gasteiger partial charge in [-0.3, -0.25) is 4.79 Å². The Bertz CT molecular complexity index is 694. The molecule has 0 unspecified atom stereocenters. The number of para-hydroxylation sites is 1. The van der Waals surface area contributed by atoms with Gasteiger partial charge >= 0.3 is 0 Å². The normalized spacial score (nSPS) is 15.8.